The van der Waals surface area contributed by atoms with Crippen LogP contribution < -0.4 is 0 Å². The highest BCUT2D eigenvalue weighted by Gasteiger charge is 2.07. The average molecular weight is 296 g/mol. The van der Waals surface area contributed by atoms with E-state index in [4.69, 9.17) is 10.2 Å². The van der Waals surface area contributed by atoms with Gasteiger partial charge in [-0.1, -0.05) is 36.3 Å². The maximum absolute atomic E-state index is 9.37. The first-order chi connectivity index (χ1) is 9.74. The van der Waals surface area contributed by atoms with Crippen LogP contribution >= 0.6 is 0 Å². The predicted octanol–water partition coefficient (Wildman–Crippen LogP) is 4.73. The van der Waals surface area contributed by atoms with E-state index in [1.807, 2.05) is 0 Å². The largest absolute Gasteiger partial charge is 0.481 e. The minimum atomic E-state index is -0.745. The molecule has 0 bridgehead atoms. The number of carbonyl (C=O) groups is 1. The van der Waals surface area contributed by atoms with E-state index in [0.717, 1.165) is 25.7 Å². The van der Waals surface area contributed by atoms with Crippen LogP contribution in [0, 0.1) is 5.92 Å². The van der Waals surface area contributed by atoms with Crippen molar-refractivity contribution in [2.75, 3.05) is 6.61 Å². The molecule has 3 nitrogen and oxygen atoms in total. The van der Waals surface area contributed by atoms with E-state index >= 15 is 0 Å². The van der Waals surface area contributed by atoms with Crippen molar-refractivity contribution >= 4 is 5.97 Å². The molecule has 0 amide bonds. The van der Waals surface area contributed by atoms with Crippen LogP contribution in [-0.4, -0.2) is 22.8 Å². The first-order valence-corrected chi connectivity index (χ1v) is 7.52. The van der Waals surface area contributed by atoms with Crippen molar-refractivity contribution < 1.29 is 15.0 Å². The Hall–Kier alpha value is -1.35. The summed E-state index contributed by atoms with van der Waals surface area (Å²) in [4.78, 5) is 9.37. The topological polar surface area (TPSA) is 57.5 Å². The van der Waals surface area contributed by atoms with Crippen molar-refractivity contribution in [3.8, 4) is 0 Å². The summed E-state index contributed by atoms with van der Waals surface area (Å²) in [6, 6.07) is 0. The molecule has 122 valence electrons. The molecule has 1 atom stereocenters. The number of hydrogen-bond acceptors (Lipinski definition) is 2. The van der Waals surface area contributed by atoms with E-state index in [1.54, 1.807) is 6.92 Å². The monoisotopic (exact) mass is 296 g/mol. The molecule has 21 heavy (non-hydrogen) atoms. The maximum atomic E-state index is 9.37. The van der Waals surface area contributed by atoms with Gasteiger partial charge in [0.15, 0.2) is 0 Å². The normalized spacial score (nSPS) is 12.1. The molecule has 0 aromatic carbocycles. The third kappa shape index (κ3) is 16.6. The lowest BCUT2D eigenvalue weighted by Crippen LogP contribution is -2.01. The van der Waals surface area contributed by atoms with Crippen LogP contribution in [0.2, 0.25) is 0 Å². The number of carboxylic acid groups (broad SMARTS) is 1. The van der Waals surface area contributed by atoms with E-state index in [9.17, 15) is 4.79 Å². The summed E-state index contributed by atoms with van der Waals surface area (Å²) >= 11 is 0. The SMILES string of the molecule is C=C(C)CCC(CC=C(C)CCO)C(=C)C.CCC(=O)O. The Labute approximate surface area is 130 Å². The molecule has 0 heterocycles. The number of aliphatic hydroxyl groups is 1. The Morgan fingerprint density at radius 3 is 2.05 bits per heavy atom. The standard InChI is InChI=1S/C15H26O.C3H6O2/c1-12(2)6-8-15(13(3)4)9-7-14(5)10-11-16;1-2-3(4)5/h7,15-16H,1,3,6,8-11H2,2,4-5H3;2H2,1H3,(H,4,5). The van der Waals surface area contributed by atoms with Crippen LogP contribution in [0.1, 0.15) is 59.8 Å². The maximum Gasteiger partial charge on any atom is 0.303 e. The van der Waals surface area contributed by atoms with E-state index in [2.05, 4.69) is 40.0 Å². The predicted molar refractivity (Wildman–Crippen MR) is 90.4 cm³/mol. The Morgan fingerprint density at radius 1 is 1.19 bits per heavy atom. The molecule has 2 N–H and O–H groups in total. The number of allylic oxidation sites excluding steroid dienone is 3. The van der Waals surface area contributed by atoms with Crippen molar-refractivity contribution in [2.45, 2.75) is 59.8 Å². The van der Waals surface area contributed by atoms with Gasteiger partial charge >= 0.3 is 5.97 Å². The second-order valence-corrected chi connectivity index (χ2v) is 5.55. The molecule has 0 aromatic heterocycles. The number of aliphatic carboxylic acids is 1. The summed E-state index contributed by atoms with van der Waals surface area (Å²) in [5, 5.41) is 16.5. The minimum absolute atomic E-state index is 0.222. The van der Waals surface area contributed by atoms with Gasteiger partial charge in [-0.2, -0.15) is 0 Å². The van der Waals surface area contributed by atoms with Gasteiger partial charge < -0.3 is 10.2 Å². The van der Waals surface area contributed by atoms with E-state index in [-0.39, 0.29) is 13.0 Å². The van der Waals surface area contributed by atoms with Crippen molar-refractivity contribution in [1.82, 2.24) is 0 Å². The van der Waals surface area contributed by atoms with Crippen LogP contribution in [0.4, 0.5) is 0 Å². The highest BCUT2D eigenvalue weighted by Crippen LogP contribution is 2.22. The fourth-order valence-electron chi connectivity index (χ4n) is 1.61. The van der Waals surface area contributed by atoms with Crippen molar-refractivity contribution in [3.05, 3.63) is 36.0 Å². The average Bonchev–Trinajstić information content (AvgIpc) is 2.38. The Kier molecular flexibility index (Phi) is 14.2. The summed E-state index contributed by atoms with van der Waals surface area (Å²) in [5.74, 6) is -0.199. The molecule has 3 heteroatoms. The molecular formula is C18H32O3. The molecule has 0 saturated carbocycles. The Morgan fingerprint density at radius 2 is 1.71 bits per heavy atom. The number of carboxylic acids is 1. The van der Waals surface area contributed by atoms with Gasteiger partial charge in [-0.25, -0.2) is 0 Å². The van der Waals surface area contributed by atoms with Crippen molar-refractivity contribution in [1.29, 1.82) is 0 Å². The van der Waals surface area contributed by atoms with E-state index < -0.39 is 5.97 Å². The summed E-state index contributed by atoms with van der Waals surface area (Å²) in [7, 11) is 0. The van der Waals surface area contributed by atoms with Gasteiger partial charge in [-0.3, -0.25) is 4.79 Å². The molecule has 0 aliphatic rings. The van der Waals surface area contributed by atoms with Gasteiger partial charge in [0, 0.05) is 13.0 Å². The van der Waals surface area contributed by atoms with E-state index in [0.29, 0.717) is 5.92 Å². The number of aliphatic hydroxyl groups excluding tert-OH is 1. The van der Waals surface area contributed by atoms with Crippen LogP contribution in [0.15, 0.2) is 36.0 Å². The molecule has 0 radical (unpaired) electrons. The molecule has 1 unspecified atom stereocenters. The molecule has 0 fully saturated rings. The highest BCUT2D eigenvalue weighted by molar-refractivity contribution is 5.66. The molecular weight excluding hydrogens is 264 g/mol. The zero-order valence-electron chi connectivity index (χ0n) is 14.1. The second kappa shape index (κ2) is 13.6. The van der Waals surface area contributed by atoms with Crippen molar-refractivity contribution in [3.63, 3.8) is 0 Å². The highest BCUT2D eigenvalue weighted by atomic mass is 16.4. The van der Waals surface area contributed by atoms with Crippen molar-refractivity contribution in [2.24, 2.45) is 5.92 Å². The smallest absolute Gasteiger partial charge is 0.303 e. The molecule has 0 aliphatic heterocycles. The third-order valence-electron chi connectivity index (χ3n) is 3.18. The molecule has 0 aliphatic carbocycles. The molecule has 0 spiro atoms. The lowest BCUT2D eigenvalue weighted by atomic mass is 9.90. The summed E-state index contributed by atoms with van der Waals surface area (Å²) in [6.45, 7) is 16.1. The van der Waals surface area contributed by atoms with Gasteiger partial charge in [0.05, 0.1) is 0 Å². The summed E-state index contributed by atoms with van der Waals surface area (Å²) in [5.41, 5.74) is 3.75. The first kappa shape index (κ1) is 21.9. The molecule has 0 rings (SSSR count). The third-order valence-corrected chi connectivity index (χ3v) is 3.18. The van der Waals surface area contributed by atoms with Crippen LogP contribution in [0.3, 0.4) is 0 Å². The van der Waals surface area contributed by atoms with Gasteiger partial charge in [-0.05, 0) is 52.4 Å². The van der Waals surface area contributed by atoms with Gasteiger partial charge in [0.1, 0.15) is 0 Å². The molecule has 0 aromatic rings. The minimum Gasteiger partial charge on any atom is -0.481 e. The van der Waals surface area contributed by atoms with Crippen LogP contribution in [0.5, 0.6) is 0 Å². The fraction of sp³-hybridized carbons (Fsp3) is 0.611. The quantitative estimate of drug-likeness (QED) is 0.604. The van der Waals surface area contributed by atoms with E-state index in [1.165, 1.54) is 16.7 Å². The number of rotatable bonds is 9. The van der Waals surface area contributed by atoms with Gasteiger partial charge in [0.25, 0.3) is 0 Å². The zero-order chi connectivity index (χ0) is 16.8. The van der Waals surface area contributed by atoms with Gasteiger partial charge in [0.2, 0.25) is 0 Å². The zero-order valence-corrected chi connectivity index (χ0v) is 14.1. The number of hydrogen-bond donors (Lipinski definition) is 2. The second-order valence-electron chi connectivity index (χ2n) is 5.55. The summed E-state index contributed by atoms with van der Waals surface area (Å²) < 4.78 is 0. The van der Waals surface area contributed by atoms with Gasteiger partial charge in [-0.15, -0.1) is 6.58 Å². The van der Waals surface area contributed by atoms with Crippen LogP contribution in [0.25, 0.3) is 0 Å². The Bertz CT molecular complexity index is 353. The summed E-state index contributed by atoms with van der Waals surface area (Å²) in [6.07, 6.45) is 6.48. The lowest BCUT2D eigenvalue weighted by Gasteiger charge is -2.15. The van der Waals surface area contributed by atoms with Crippen LogP contribution in [-0.2, 0) is 4.79 Å². The Balaban J connectivity index is 0. The lowest BCUT2D eigenvalue weighted by molar-refractivity contribution is -0.136. The fourth-order valence-corrected chi connectivity index (χ4v) is 1.61. The first-order valence-electron chi connectivity index (χ1n) is 7.52. The molecule has 0 saturated heterocycles.